The third-order valence-corrected chi connectivity index (χ3v) is 2.67. The predicted molar refractivity (Wildman–Crippen MR) is 69.1 cm³/mol. The molecule has 2 aromatic rings. The van der Waals surface area contributed by atoms with E-state index in [1.165, 1.54) is 0 Å². The highest BCUT2D eigenvalue weighted by Gasteiger charge is 2.10. The van der Waals surface area contributed by atoms with E-state index in [1.54, 1.807) is 24.3 Å². The van der Waals surface area contributed by atoms with Crippen LogP contribution in [0.3, 0.4) is 0 Å². The van der Waals surface area contributed by atoms with Gasteiger partial charge in [-0.05, 0) is 13.0 Å². The Kier molecular flexibility index (Phi) is 4.07. The average Bonchev–Trinajstić information content (AvgIpc) is 2.84. The van der Waals surface area contributed by atoms with E-state index in [0.29, 0.717) is 30.4 Å². The van der Waals surface area contributed by atoms with Gasteiger partial charge in [-0.1, -0.05) is 23.4 Å². The molecular formula is C14H14N2O3. The zero-order valence-electron chi connectivity index (χ0n) is 10.6. The maximum absolute atomic E-state index is 11.9. The first-order valence-corrected chi connectivity index (χ1v) is 5.95. The molecule has 0 saturated carbocycles. The molecule has 98 valence electrons. The van der Waals surface area contributed by atoms with Gasteiger partial charge in [-0.25, -0.2) is 0 Å². The fourth-order valence-electron chi connectivity index (χ4n) is 1.74. The Morgan fingerprint density at radius 2 is 2.21 bits per heavy atom. The summed E-state index contributed by atoms with van der Waals surface area (Å²) in [6.07, 6.45) is 1.24. The Morgan fingerprint density at radius 1 is 1.42 bits per heavy atom. The van der Waals surface area contributed by atoms with Gasteiger partial charge in [-0.3, -0.25) is 9.59 Å². The minimum atomic E-state index is -0.265. The first-order valence-electron chi connectivity index (χ1n) is 5.95. The van der Waals surface area contributed by atoms with Gasteiger partial charge in [0, 0.05) is 30.2 Å². The molecule has 0 radical (unpaired) electrons. The fraction of sp³-hybridized carbons (Fsp3) is 0.214. The molecule has 0 saturated heterocycles. The van der Waals surface area contributed by atoms with Crippen LogP contribution < -0.4 is 5.32 Å². The summed E-state index contributed by atoms with van der Waals surface area (Å²) in [6.45, 7) is 2.27. The fourth-order valence-corrected chi connectivity index (χ4v) is 1.74. The van der Waals surface area contributed by atoms with Crippen molar-refractivity contribution in [2.24, 2.45) is 0 Å². The van der Waals surface area contributed by atoms with Crippen molar-refractivity contribution >= 4 is 12.2 Å². The van der Waals surface area contributed by atoms with Crippen molar-refractivity contribution in [1.29, 1.82) is 0 Å². The normalized spacial score (nSPS) is 10.2. The van der Waals surface area contributed by atoms with Crippen LogP contribution in [0.2, 0.25) is 0 Å². The molecule has 0 aliphatic rings. The maximum Gasteiger partial charge on any atom is 0.252 e. The summed E-state index contributed by atoms with van der Waals surface area (Å²) >= 11 is 0. The molecule has 0 aliphatic carbocycles. The Labute approximate surface area is 110 Å². The topological polar surface area (TPSA) is 72.2 Å². The zero-order chi connectivity index (χ0) is 13.7. The number of hydrogen-bond acceptors (Lipinski definition) is 4. The molecule has 2 rings (SSSR count). The molecule has 19 heavy (non-hydrogen) atoms. The molecule has 0 fully saturated rings. The molecular weight excluding hydrogens is 244 g/mol. The molecule has 5 nitrogen and oxygen atoms in total. The number of aryl methyl sites for hydroxylation is 1. The highest BCUT2D eigenvalue weighted by atomic mass is 16.5. The van der Waals surface area contributed by atoms with Crippen molar-refractivity contribution in [1.82, 2.24) is 10.5 Å². The molecule has 5 heteroatoms. The standard InChI is InChI=1S/C14H14N2O3/c1-10-8-12(19-16-10)6-7-15-14(18)13-5-3-2-4-11(13)9-17/h2-5,8-9H,6-7H2,1H3,(H,15,18). The largest absolute Gasteiger partial charge is 0.361 e. The summed E-state index contributed by atoms with van der Waals surface area (Å²) in [4.78, 5) is 22.7. The third-order valence-electron chi connectivity index (χ3n) is 2.67. The van der Waals surface area contributed by atoms with Crippen LogP contribution in [0, 0.1) is 6.92 Å². The van der Waals surface area contributed by atoms with Crippen molar-refractivity contribution in [3.8, 4) is 0 Å². The van der Waals surface area contributed by atoms with Crippen molar-refractivity contribution in [2.75, 3.05) is 6.54 Å². The van der Waals surface area contributed by atoms with Crippen LogP contribution in [0.25, 0.3) is 0 Å². The Hall–Kier alpha value is -2.43. The van der Waals surface area contributed by atoms with Gasteiger partial charge in [0.25, 0.3) is 5.91 Å². The smallest absolute Gasteiger partial charge is 0.252 e. The summed E-state index contributed by atoms with van der Waals surface area (Å²) in [6, 6.07) is 8.50. The number of nitrogens with one attached hydrogen (secondary N) is 1. The van der Waals surface area contributed by atoms with Crippen molar-refractivity contribution in [2.45, 2.75) is 13.3 Å². The summed E-state index contributed by atoms with van der Waals surface area (Å²) in [5, 5.41) is 6.51. The lowest BCUT2D eigenvalue weighted by atomic mass is 10.1. The summed E-state index contributed by atoms with van der Waals surface area (Å²) in [5.41, 5.74) is 1.58. The summed E-state index contributed by atoms with van der Waals surface area (Å²) in [5.74, 6) is 0.459. The van der Waals surface area contributed by atoms with E-state index in [9.17, 15) is 9.59 Å². The van der Waals surface area contributed by atoms with Crippen molar-refractivity contribution in [3.05, 3.63) is 52.9 Å². The van der Waals surface area contributed by atoms with E-state index in [4.69, 9.17) is 4.52 Å². The number of benzene rings is 1. The summed E-state index contributed by atoms with van der Waals surface area (Å²) in [7, 11) is 0. The van der Waals surface area contributed by atoms with Crippen LogP contribution in [0.4, 0.5) is 0 Å². The molecule has 1 heterocycles. The number of carbonyl (C=O) groups excluding carboxylic acids is 2. The van der Waals surface area contributed by atoms with Crippen LogP contribution in [0.1, 0.15) is 32.2 Å². The molecule has 0 spiro atoms. The monoisotopic (exact) mass is 258 g/mol. The second-order valence-electron chi connectivity index (χ2n) is 4.15. The SMILES string of the molecule is Cc1cc(CCNC(=O)c2ccccc2C=O)on1. The molecule has 1 aromatic carbocycles. The van der Waals surface area contributed by atoms with E-state index in [0.717, 1.165) is 11.5 Å². The van der Waals surface area contributed by atoms with Crippen LogP contribution in [0.5, 0.6) is 0 Å². The number of amides is 1. The van der Waals surface area contributed by atoms with Gasteiger partial charge in [0.2, 0.25) is 0 Å². The van der Waals surface area contributed by atoms with Crippen molar-refractivity contribution < 1.29 is 14.1 Å². The van der Waals surface area contributed by atoms with E-state index in [1.807, 2.05) is 13.0 Å². The molecule has 0 unspecified atom stereocenters. The van der Waals surface area contributed by atoms with Gasteiger partial charge in [-0.15, -0.1) is 0 Å². The Morgan fingerprint density at radius 3 is 2.89 bits per heavy atom. The molecule has 1 amide bonds. The number of rotatable bonds is 5. The molecule has 1 aromatic heterocycles. The lowest BCUT2D eigenvalue weighted by Gasteiger charge is -2.05. The lowest BCUT2D eigenvalue weighted by molar-refractivity contribution is 0.0948. The third kappa shape index (κ3) is 3.28. The van der Waals surface area contributed by atoms with Crippen molar-refractivity contribution in [3.63, 3.8) is 0 Å². The van der Waals surface area contributed by atoms with Gasteiger partial charge in [0.15, 0.2) is 6.29 Å². The van der Waals surface area contributed by atoms with E-state index >= 15 is 0 Å². The highest BCUT2D eigenvalue weighted by Crippen LogP contribution is 2.06. The molecule has 1 N–H and O–H groups in total. The lowest BCUT2D eigenvalue weighted by Crippen LogP contribution is -2.26. The van der Waals surface area contributed by atoms with Crippen LogP contribution >= 0.6 is 0 Å². The second kappa shape index (κ2) is 5.95. The van der Waals surface area contributed by atoms with E-state index in [-0.39, 0.29) is 5.91 Å². The zero-order valence-corrected chi connectivity index (χ0v) is 10.6. The first kappa shape index (κ1) is 13.0. The van der Waals surface area contributed by atoms with Gasteiger partial charge in [0.05, 0.1) is 5.69 Å². The number of nitrogens with zero attached hydrogens (tertiary/aromatic N) is 1. The van der Waals surface area contributed by atoms with Gasteiger partial charge in [0.1, 0.15) is 5.76 Å². The Bertz CT molecular complexity index is 590. The number of carbonyl (C=O) groups is 2. The van der Waals surface area contributed by atoms with Crippen LogP contribution in [-0.2, 0) is 6.42 Å². The minimum Gasteiger partial charge on any atom is -0.361 e. The number of aromatic nitrogens is 1. The number of hydrogen-bond donors (Lipinski definition) is 1. The maximum atomic E-state index is 11.9. The number of aldehydes is 1. The highest BCUT2D eigenvalue weighted by molar-refractivity contribution is 6.01. The van der Waals surface area contributed by atoms with Crippen LogP contribution in [0.15, 0.2) is 34.9 Å². The van der Waals surface area contributed by atoms with Gasteiger partial charge >= 0.3 is 0 Å². The first-order chi connectivity index (χ1) is 9.20. The Balaban J connectivity index is 1.92. The molecule has 0 bridgehead atoms. The van der Waals surface area contributed by atoms with Gasteiger partial charge in [-0.2, -0.15) is 0 Å². The predicted octanol–water partition coefficient (Wildman–Crippen LogP) is 1.77. The quantitative estimate of drug-likeness (QED) is 0.829. The van der Waals surface area contributed by atoms with Gasteiger partial charge < -0.3 is 9.84 Å². The molecule has 0 aliphatic heterocycles. The van der Waals surface area contributed by atoms with E-state index in [2.05, 4.69) is 10.5 Å². The minimum absolute atomic E-state index is 0.265. The molecule has 0 atom stereocenters. The van der Waals surface area contributed by atoms with E-state index < -0.39 is 0 Å². The van der Waals surface area contributed by atoms with Crippen LogP contribution in [-0.4, -0.2) is 23.9 Å². The summed E-state index contributed by atoms with van der Waals surface area (Å²) < 4.78 is 5.04. The second-order valence-corrected chi connectivity index (χ2v) is 4.15. The average molecular weight is 258 g/mol.